The fourth-order valence-corrected chi connectivity index (χ4v) is 0.769. The number of hydrazine groups is 1. The predicted octanol–water partition coefficient (Wildman–Crippen LogP) is 2.01. The molecule has 6 heteroatoms. The SMILES string of the molecule is NNc1ccccc1Cl.OC(O)=S. The number of halogens is 1. The highest BCUT2D eigenvalue weighted by atomic mass is 35.5. The van der Waals surface area contributed by atoms with Gasteiger partial charge in [-0.05, 0) is 12.1 Å². The van der Waals surface area contributed by atoms with Gasteiger partial charge in [-0.3, -0.25) is 5.84 Å². The molecule has 0 saturated carbocycles. The summed E-state index contributed by atoms with van der Waals surface area (Å²) in [6.07, 6.45) is 0. The maximum Gasteiger partial charge on any atom is 0.347 e. The molecular formula is C7H9ClN2O2S. The highest BCUT2D eigenvalue weighted by Crippen LogP contribution is 2.18. The van der Waals surface area contributed by atoms with Gasteiger partial charge >= 0.3 is 5.24 Å². The number of nitrogens with one attached hydrogen (secondary N) is 1. The second kappa shape index (κ2) is 6.47. The molecule has 0 atom stereocenters. The summed E-state index contributed by atoms with van der Waals surface area (Å²) in [4.78, 5) is 0. The lowest BCUT2D eigenvalue weighted by Gasteiger charge is -1.99. The van der Waals surface area contributed by atoms with Crippen LogP contribution in [0.3, 0.4) is 0 Å². The summed E-state index contributed by atoms with van der Waals surface area (Å²) < 4.78 is 0. The van der Waals surface area contributed by atoms with Crippen LogP contribution in [0.15, 0.2) is 24.3 Å². The zero-order chi connectivity index (χ0) is 10.3. The van der Waals surface area contributed by atoms with Crippen molar-refractivity contribution in [3.8, 4) is 0 Å². The minimum atomic E-state index is -1.000. The molecule has 0 fully saturated rings. The zero-order valence-corrected chi connectivity index (χ0v) is 8.14. The maximum atomic E-state index is 7.34. The normalized spacial score (nSPS) is 8.15. The first kappa shape index (κ1) is 12.0. The fraction of sp³-hybridized carbons (Fsp3) is 0. The lowest BCUT2D eigenvalue weighted by molar-refractivity contribution is 0.386. The first-order valence-electron chi connectivity index (χ1n) is 3.21. The molecule has 13 heavy (non-hydrogen) atoms. The number of anilines is 1. The Balaban J connectivity index is 0.000000310. The second-order valence-corrected chi connectivity index (χ2v) is 2.68. The van der Waals surface area contributed by atoms with Crippen LogP contribution in [0.2, 0.25) is 5.02 Å². The van der Waals surface area contributed by atoms with Crippen LogP contribution in [0, 0.1) is 0 Å². The molecule has 0 spiro atoms. The van der Waals surface area contributed by atoms with Crippen LogP contribution in [-0.4, -0.2) is 15.4 Å². The number of hydrogen-bond donors (Lipinski definition) is 4. The van der Waals surface area contributed by atoms with E-state index in [-0.39, 0.29) is 0 Å². The molecule has 72 valence electrons. The Kier molecular flexibility index (Phi) is 5.96. The average Bonchev–Trinajstić information content (AvgIpc) is 2.04. The van der Waals surface area contributed by atoms with Crippen LogP contribution in [0.25, 0.3) is 0 Å². The van der Waals surface area contributed by atoms with E-state index in [2.05, 4.69) is 17.6 Å². The smallest absolute Gasteiger partial charge is 0.347 e. The van der Waals surface area contributed by atoms with E-state index in [9.17, 15) is 0 Å². The van der Waals surface area contributed by atoms with Crippen molar-refractivity contribution < 1.29 is 10.2 Å². The maximum absolute atomic E-state index is 7.34. The lowest BCUT2D eigenvalue weighted by Crippen LogP contribution is -2.06. The van der Waals surface area contributed by atoms with Crippen LogP contribution < -0.4 is 11.3 Å². The molecule has 1 aromatic carbocycles. The molecule has 0 radical (unpaired) electrons. The summed E-state index contributed by atoms with van der Waals surface area (Å²) in [5.74, 6) is 5.12. The molecule has 0 aliphatic carbocycles. The highest BCUT2D eigenvalue weighted by molar-refractivity contribution is 7.79. The Hall–Kier alpha value is -1.04. The van der Waals surface area contributed by atoms with Crippen LogP contribution >= 0.6 is 23.8 Å². The summed E-state index contributed by atoms with van der Waals surface area (Å²) in [6, 6.07) is 7.29. The third-order valence-corrected chi connectivity index (χ3v) is 1.36. The van der Waals surface area contributed by atoms with Gasteiger partial charge < -0.3 is 15.6 Å². The average molecular weight is 221 g/mol. The van der Waals surface area contributed by atoms with Crippen molar-refractivity contribution in [2.24, 2.45) is 5.84 Å². The van der Waals surface area contributed by atoms with Crippen molar-refractivity contribution in [2.45, 2.75) is 0 Å². The second-order valence-electron chi connectivity index (χ2n) is 1.91. The molecule has 1 rings (SSSR count). The topological polar surface area (TPSA) is 78.5 Å². The quantitative estimate of drug-likeness (QED) is 0.331. The Morgan fingerprint density at radius 1 is 1.38 bits per heavy atom. The Morgan fingerprint density at radius 2 is 1.85 bits per heavy atom. The highest BCUT2D eigenvalue weighted by Gasteiger charge is 1.91. The molecule has 0 unspecified atom stereocenters. The largest absolute Gasteiger partial charge is 0.473 e. The van der Waals surface area contributed by atoms with Crippen molar-refractivity contribution in [3.05, 3.63) is 29.3 Å². The molecule has 1 aromatic rings. The third kappa shape index (κ3) is 6.15. The summed E-state index contributed by atoms with van der Waals surface area (Å²) in [5, 5.41) is 14.3. The molecule has 0 saturated heterocycles. The summed E-state index contributed by atoms with van der Waals surface area (Å²) in [5.41, 5.74) is 3.21. The van der Waals surface area contributed by atoms with Gasteiger partial charge in [0.25, 0.3) is 0 Å². The van der Waals surface area contributed by atoms with E-state index in [1.165, 1.54) is 0 Å². The lowest BCUT2D eigenvalue weighted by atomic mass is 10.3. The van der Waals surface area contributed by atoms with E-state index >= 15 is 0 Å². The van der Waals surface area contributed by atoms with Crippen molar-refractivity contribution in [1.82, 2.24) is 0 Å². The van der Waals surface area contributed by atoms with E-state index in [1.54, 1.807) is 6.07 Å². The van der Waals surface area contributed by atoms with Crippen molar-refractivity contribution in [1.29, 1.82) is 0 Å². The molecule has 0 aliphatic heterocycles. The van der Waals surface area contributed by atoms with Gasteiger partial charge in [-0.25, -0.2) is 0 Å². The number of aliphatic hydroxyl groups excluding tert-OH is 1. The number of para-hydroxylation sites is 1. The fourth-order valence-electron chi connectivity index (χ4n) is 0.578. The molecule has 0 aliphatic rings. The number of benzene rings is 1. The van der Waals surface area contributed by atoms with Crippen molar-refractivity contribution in [3.63, 3.8) is 0 Å². The zero-order valence-electron chi connectivity index (χ0n) is 6.57. The Bertz CT molecular complexity index is 279. The first-order valence-corrected chi connectivity index (χ1v) is 3.99. The van der Waals surface area contributed by atoms with E-state index < -0.39 is 5.24 Å². The van der Waals surface area contributed by atoms with Crippen LogP contribution in [0.1, 0.15) is 0 Å². The van der Waals surface area contributed by atoms with Gasteiger partial charge in [-0.2, -0.15) is 0 Å². The molecule has 5 N–H and O–H groups in total. The van der Waals surface area contributed by atoms with Gasteiger partial charge in [0.15, 0.2) is 0 Å². The van der Waals surface area contributed by atoms with Gasteiger partial charge in [-0.15, -0.1) is 0 Å². The van der Waals surface area contributed by atoms with E-state index in [4.69, 9.17) is 27.7 Å². The number of nitrogens with two attached hydrogens (primary N) is 1. The van der Waals surface area contributed by atoms with Crippen LogP contribution in [0.4, 0.5) is 5.69 Å². The van der Waals surface area contributed by atoms with Gasteiger partial charge in [-0.1, -0.05) is 23.7 Å². The Morgan fingerprint density at radius 3 is 2.15 bits per heavy atom. The van der Waals surface area contributed by atoms with Gasteiger partial charge in [0.1, 0.15) is 0 Å². The number of thiocarbonyl (C=S) groups is 1. The van der Waals surface area contributed by atoms with E-state index in [1.807, 2.05) is 18.2 Å². The molecule has 0 amide bonds. The third-order valence-electron chi connectivity index (χ3n) is 1.03. The van der Waals surface area contributed by atoms with Gasteiger partial charge in [0, 0.05) is 12.2 Å². The van der Waals surface area contributed by atoms with Crippen LogP contribution in [-0.2, 0) is 0 Å². The van der Waals surface area contributed by atoms with E-state index in [0.29, 0.717) is 5.02 Å². The van der Waals surface area contributed by atoms with Gasteiger partial charge in [0.05, 0.1) is 10.7 Å². The monoisotopic (exact) mass is 220 g/mol. The molecule has 0 bridgehead atoms. The molecule has 0 aromatic heterocycles. The number of aliphatic hydroxyl groups is 2. The molecule has 4 nitrogen and oxygen atoms in total. The molecular weight excluding hydrogens is 212 g/mol. The van der Waals surface area contributed by atoms with Crippen molar-refractivity contribution in [2.75, 3.05) is 5.43 Å². The number of hydrogen-bond acceptors (Lipinski definition) is 3. The van der Waals surface area contributed by atoms with Gasteiger partial charge in [0.2, 0.25) is 0 Å². The van der Waals surface area contributed by atoms with E-state index in [0.717, 1.165) is 5.69 Å². The van der Waals surface area contributed by atoms with Crippen molar-refractivity contribution >= 4 is 34.7 Å². The number of rotatable bonds is 1. The molecule has 0 heterocycles. The summed E-state index contributed by atoms with van der Waals surface area (Å²) >= 11 is 9.33. The minimum Gasteiger partial charge on any atom is -0.473 e. The van der Waals surface area contributed by atoms with Crippen LogP contribution in [0.5, 0.6) is 0 Å². The predicted molar refractivity (Wildman–Crippen MR) is 57.1 cm³/mol. The first-order chi connectivity index (χ1) is 6.07. The number of nitrogen functional groups attached to an aromatic ring is 1. The Labute approximate surface area is 85.9 Å². The summed E-state index contributed by atoms with van der Waals surface area (Å²) in [6.45, 7) is 0. The standard InChI is InChI=1S/C6H7ClN2.CH2O2S/c7-5-3-1-2-4-6(5)9-8;2-1(3)4/h1-4,9H,8H2;(H2,2,3,4). The minimum absolute atomic E-state index is 0.639. The summed E-state index contributed by atoms with van der Waals surface area (Å²) in [7, 11) is 0.